The highest BCUT2D eigenvalue weighted by Gasteiger charge is 2.21. The lowest BCUT2D eigenvalue weighted by molar-refractivity contribution is -0.870. The van der Waals surface area contributed by atoms with E-state index in [1.165, 1.54) is 0 Å². The third-order valence-electron chi connectivity index (χ3n) is 1.99. The number of quaternary nitrogens is 1. The normalized spacial score (nSPS) is 15.2. The Morgan fingerprint density at radius 2 is 1.82 bits per heavy atom. The van der Waals surface area contributed by atoms with Gasteiger partial charge in [0.1, 0.15) is 13.2 Å². The smallest absolute Gasteiger partial charge is 0.329 e. The summed E-state index contributed by atoms with van der Waals surface area (Å²) < 4.78 is 21.7. The van der Waals surface area contributed by atoms with Gasteiger partial charge in [0, 0.05) is 6.42 Å². The SMILES string of the molecule is C#CCCCCOP(=O)(O)OCC[N+](C)(C)C. The number of hydrogen-bond donors (Lipinski definition) is 1. The molecule has 0 aromatic carbocycles. The van der Waals surface area contributed by atoms with Crippen molar-refractivity contribution in [2.24, 2.45) is 0 Å². The topological polar surface area (TPSA) is 55.8 Å². The highest BCUT2D eigenvalue weighted by molar-refractivity contribution is 7.47. The molecule has 0 heterocycles. The molecule has 0 rings (SSSR count). The van der Waals surface area contributed by atoms with E-state index in [1.54, 1.807) is 0 Å². The van der Waals surface area contributed by atoms with E-state index in [0.717, 1.165) is 6.42 Å². The summed E-state index contributed by atoms with van der Waals surface area (Å²) >= 11 is 0. The summed E-state index contributed by atoms with van der Waals surface area (Å²) in [6.07, 6.45) is 7.18. The van der Waals surface area contributed by atoms with Gasteiger partial charge >= 0.3 is 7.82 Å². The van der Waals surface area contributed by atoms with Gasteiger partial charge in [0.05, 0.1) is 27.7 Å². The summed E-state index contributed by atoms with van der Waals surface area (Å²) in [5, 5.41) is 0. The van der Waals surface area contributed by atoms with Crippen LogP contribution in [0.3, 0.4) is 0 Å². The van der Waals surface area contributed by atoms with Crippen LogP contribution >= 0.6 is 7.82 Å². The molecule has 0 amide bonds. The van der Waals surface area contributed by atoms with E-state index in [2.05, 4.69) is 5.92 Å². The summed E-state index contributed by atoms with van der Waals surface area (Å²) in [5.74, 6) is 2.50. The molecule has 0 aromatic heterocycles. The summed E-state index contributed by atoms with van der Waals surface area (Å²) in [7, 11) is 2.05. The monoisotopic (exact) mass is 264 g/mol. The van der Waals surface area contributed by atoms with E-state index >= 15 is 0 Å². The first-order valence-electron chi connectivity index (χ1n) is 5.63. The van der Waals surface area contributed by atoms with Crippen molar-refractivity contribution in [2.45, 2.75) is 19.3 Å². The van der Waals surface area contributed by atoms with Gasteiger partial charge < -0.3 is 9.38 Å². The van der Waals surface area contributed by atoms with Crippen LogP contribution in [-0.2, 0) is 13.6 Å². The maximum atomic E-state index is 11.4. The Balaban J connectivity index is 3.67. The lowest BCUT2D eigenvalue weighted by atomic mass is 10.2. The van der Waals surface area contributed by atoms with Crippen molar-refractivity contribution in [3.05, 3.63) is 0 Å². The van der Waals surface area contributed by atoms with Crippen molar-refractivity contribution in [3.8, 4) is 12.3 Å². The Kier molecular flexibility index (Phi) is 7.69. The van der Waals surface area contributed by atoms with Crippen LogP contribution in [0.15, 0.2) is 0 Å². The number of nitrogens with zero attached hydrogens (tertiary/aromatic N) is 1. The van der Waals surface area contributed by atoms with Crippen LogP contribution < -0.4 is 0 Å². The molecule has 100 valence electrons. The molecule has 0 spiro atoms. The molecule has 6 heteroatoms. The standard InChI is InChI=1S/C11H22NO4P/c1-5-6-7-8-10-15-17(13,14)16-11-9-12(2,3)4/h1H,6-11H2,2-4H3/p+1. The molecule has 1 atom stereocenters. The molecule has 17 heavy (non-hydrogen) atoms. The molecule has 0 radical (unpaired) electrons. The molecular weight excluding hydrogens is 241 g/mol. The Bertz CT molecular complexity index is 293. The van der Waals surface area contributed by atoms with E-state index in [9.17, 15) is 9.46 Å². The molecule has 1 unspecified atom stereocenters. The lowest BCUT2D eigenvalue weighted by Gasteiger charge is -2.24. The van der Waals surface area contributed by atoms with Gasteiger partial charge in [0.15, 0.2) is 0 Å². The van der Waals surface area contributed by atoms with Crippen LogP contribution in [0.4, 0.5) is 0 Å². The first-order chi connectivity index (χ1) is 7.77. The fraction of sp³-hybridized carbons (Fsp3) is 0.818. The molecule has 0 aliphatic rings. The van der Waals surface area contributed by atoms with Crippen LogP contribution in [0.25, 0.3) is 0 Å². The van der Waals surface area contributed by atoms with E-state index in [1.807, 2.05) is 21.1 Å². The Hall–Kier alpha value is -0.370. The molecular formula is C11H23NO4P+. The van der Waals surface area contributed by atoms with E-state index in [-0.39, 0.29) is 13.2 Å². The number of rotatable bonds is 9. The van der Waals surface area contributed by atoms with Gasteiger partial charge in [-0.2, -0.15) is 0 Å². The first-order valence-corrected chi connectivity index (χ1v) is 7.12. The largest absolute Gasteiger partial charge is 0.472 e. The molecule has 5 nitrogen and oxygen atoms in total. The molecule has 0 aliphatic heterocycles. The Morgan fingerprint density at radius 3 is 2.35 bits per heavy atom. The van der Waals surface area contributed by atoms with Crippen molar-refractivity contribution in [3.63, 3.8) is 0 Å². The van der Waals surface area contributed by atoms with Gasteiger partial charge in [0.2, 0.25) is 0 Å². The molecule has 0 bridgehead atoms. The van der Waals surface area contributed by atoms with Crippen molar-refractivity contribution >= 4 is 7.82 Å². The maximum Gasteiger partial charge on any atom is 0.472 e. The Morgan fingerprint density at radius 1 is 1.24 bits per heavy atom. The minimum atomic E-state index is -3.89. The molecule has 0 fully saturated rings. The van der Waals surface area contributed by atoms with Crippen molar-refractivity contribution < 1.29 is 23.0 Å². The predicted molar refractivity (Wildman–Crippen MR) is 67.3 cm³/mol. The minimum Gasteiger partial charge on any atom is -0.329 e. The number of phosphoric ester groups is 1. The Labute approximate surface area is 104 Å². The lowest BCUT2D eigenvalue weighted by Crippen LogP contribution is -2.37. The second kappa shape index (κ2) is 7.86. The third kappa shape index (κ3) is 11.9. The van der Waals surface area contributed by atoms with E-state index in [0.29, 0.717) is 23.9 Å². The van der Waals surface area contributed by atoms with Crippen LogP contribution in [0, 0.1) is 12.3 Å². The summed E-state index contributed by atoms with van der Waals surface area (Å²) in [4.78, 5) is 9.33. The summed E-state index contributed by atoms with van der Waals surface area (Å²) in [6, 6.07) is 0. The average Bonchev–Trinajstić information content (AvgIpc) is 2.14. The highest BCUT2D eigenvalue weighted by Crippen LogP contribution is 2.43. The van der Waals surface area contributed by atoms with Crippen LogP contribution in [0.2, 0.25) is 0 Å². The summed E-state index contributed by atoms with van der Waals surface area (Å²) in [5.41, 5.74) is 0. The number of phosphoric acid groups is 1. The quantitative estimate of drug-likeness (QED) is 0.298. The molecule has 0 saturated heterocycles. The zero-order valence-electron chi connectivity index (χ0n) is 10.9. The predicted octanol–water partition coefficient (Wildman–Crippen LogP) is 1.63. The van der Waals surface area contributed by atoms with Crippen LogP contribution in [0.5, 0.6) is 0 Å². The van der Waals surface area contributed by atoms with E-state index in [4.69, 9.17) is 15.5 Å². The number of terminal acetylenes is 1. The zero-order valence-corrected chi connectivity index (χ0v) is 11.8. The number of likely N-dealkylation sites (N-methyl/N-ethyl adjacent to an activating group) is 1. The second-order valence-corrected chi connectivity index (χ2v) is 6.26. The zero-order chi connectivity index (χ0) is 13.4. The van der Waals surface area contributed by atoms with Gasteiger partial charge in [-0.3, -0.25) is 9.05 Å². The van der Waals surface area contributed by atoms with Crippen LogP contribution in [-0.4, -0.2) is 50.3 Å². The molecule has 1 N–H and O–H groups in total. The molecule has 0 aromatic rings. The van der Waals surface area contributed by atoms with Gasteiger partial charge in [-0.25, -0.2) is 4.57 Å². The van der Waals surface area contributed by atoms with Gasteiger partial charge in [-0.05, 0) is 12.8 Å². The second-order valence-electron chi connectivity index (χ2n) is 4.81. The van der Waals surface area contributed by atoms with Crippen molar-refractivity contribution in [1.82, 2.24) is 0 Å². The van der Waals surface area contributed by atoms with Gasteiger partial charge in [0.25, 0.3) is 0 Å². The summed E-state index contributed by atoms with van der Waals surface area (Å²) in [6.45, 7) is 1.03. The number of hydrogen-bond acceptors (Lipinski definition) is 3. The minimum absolute atomic E-state index is 0.194. The maximum absolute atomic E-state index is 11.4. The fourth-order valence-corrected chi connectivity index (χ4v) is 1.72. The van der Waals surface area contributed by atoms with Gasteiger partial charge in [-0.1, -0.05) is 0 Å². The van der Waals surface area contributed by atoms with Gasteiger partial charge in [-0.15, -0.1) is 12.3 Å². The van der Waals surface area contributed by atoms with Crippen LogP contribution in [0.1, 0.15) is 19.3 Å². The fourth-order valence-electron chi connectivity index (χ4n) is 0.976. The number of unbranched alkanes of at least 4 members (excludes halogenated alkanes) is 2. The van der Waals surface area contributed by atoms with E-state index < -0.39 is 7.82 Å². The average molecular weight is 264 g/mol. The third-order valence-corrected chi connectivity index (χ3v) is 3.00. The van der Waals surface area contributed by atoms with Crippen molar-refractivity contribution in [2.75, 3.05) is 40.9 Å². The van der Waals surface area contributed by atoms with Crippen molar-refractivity contribution in [1.29, 1.82) is 0 Å². The first kappa shape index (κ1) is 16.6. The highest BCUT2D eigenvalue weighted by atomic mass is 31.2. The molecule has 0 saturated carbocycles. The molecule has 0 aliphatic carbocycles.